The number of halogens is 3. The predicted molar refractivity (Wildman–Crippen MR) is 73.0 cm³/mol. The lowest BCUT2D eigenvalue weighted by Gasteiger charge is -2.37. The molecule has 0 radical (unpaired) electrons. The minimum Gasteiger partial charge on any atom is -0.379 e. The van der Waals surface area contributed by atoms with Gasteiger partial charge in [-0.1, -0.05) is 6.92 Å². The Bertz CT molecular complexity index is 551. The zero-order valence-corrected chi connectivity index (χ0v) is 11.9. The maximum absolute atomic E-state index is 12.8. The number of rotatable bonds is 2. The minimum atomic E-state index is -4.50. The highest BCUT2D eigenvalue weighted by Crippen LogP contribution is 2.34. The number of alkyl halides is 3. The van der Waals surface area contributed by atoms with Crippen molar-refractivity contribution in [3.63, 3.8) is 0 Å². The van der Waals surface area contributed by atoms with E-state index in [9.17, 15) is 13.2 Å². The van der Waals surface area contributed by atoms with Crippen molar-refractivity contribution in [3.05, 3.63) is 29.3 Å². The van der Waals surface area contributed by atoms with Crippen molar-refractivity contribution in [2.75, 3.05) is 25.1 Å². The lowest BCUT2D eigenvalue weighted by atomic mass is 9.95. The SMILES string of the molecule is COC1CN(c2ccc(C(F)(F)F)c(C#N)c2)CCC1C. The summed E-state index contributed by atoms with van der Waals surface area (Å²) in [5, 5.41) is 8.95. The van der Waals surface area contributed by atoms with Gasteiger partial charge in [0.1, 0.15) is 0 Å². The van der Waals surface area contributed by atoms with Gasteiger partial charge in [-0.2, -0.15) is 18.4 Å². The average Bonchev–Trinajstić information content (AvgIpc) is 2.46. The molecule has 3 nitrogen and oxygen atoms in total. The number of nitriles is 1. The molecule has 6 heteroatoms. The maximum atomic E-state index is 12.8. The Morgan fingerprint density at radius 2 is 2.10 bits per heavy atom. The van der Waals surface area contributed by atoms with Gasteiger partial charge in [-0.15, -0.1) is 0 Å². The van der Waals surface area contributed by atoms with Gasteiger partial charge in [-0.05, 0) is 30.5 Å². The van der Waals surface area contributed by atoms with Gasteiger partial charge in [0.25, 0.3) is 0 Å². The van der Waals surface area contributed by atoms with E-state index in [0.717, 1.165) is 19.0 Å². The molecule has 1 aromatic rings. The molecule has 0 amide bonds. The molecule has 0 aromatic heterocycles. The molecule has 2 rings (SSSR count). The highest BCUT2D eigenvalue weighted by Gasteiger charge is 2.34. The smallest absolute Gasteiger partial charge is 0.379 e. The average molecular weight is 298 g/mol. The number of hydrogen-bond donors (Lipinski definition) is 0. The number of hydrogen-bond acceptors (Lipinski definition) is 3. The van der Waals surface area contributed by atoms with Crippen LogP contribution in [0.3, 0.4) is 0 Å². The Hall–Kier alpha value is -1.74. The summed E-state index contributed by atoms with van der Waals surface area (Å²) in [6.07, 6.45) is -3.55. The number of anilines is 1. The first kappa shape index (κ1) is 15.6. The normalized spacial score (nSPS) is 23.0. The number of methoxy groups -OCH3 is 1. The van der Waals surface area contributed by atoms with Gasteiger partial charge in [0.05, 0.1) is 23.3 Å². The van der Waals surface area contributed by atoms with Crippen LogP contribution in [0.4, 0.5) is 18.9 Å². The highest BCUT2D eigenvalue weighted by molar-refractivity contribution is 5.55. The number of benzene rings is 1. The van der Waals surface area contributed by atoms with Crippen LogP contribution in [0, 0.1) is 17.2 Å². The van der Waals surface area contributed by atoms with E-state index in [1.54, 1.807) is 13.2 Å². The summed E-state index contributed by atoms with van der Waals surface area (Å²) in [5.74, 6) is 0.413. The fourth-order valence-electron chi connectivity index (χ4n) is 2.64. The van der Waals surface area contributed by atoms with E-state index < -0.39 is 11.7 Å². The predicted octanol–water partition coefficient (Wildman–Crippen LogP) is 3.44. The van der Waals surface area contributed by atoms with Gasteiger partial charge in [-0.3, -0.25) is 0 Å². The monoisotopic (exact) mass is 298 g/mol. The van der Waals surface area contributed by atoms with Crippen LogP contribution in [0.5, 0.6) is 0 Å². The topological polar surface area (TPSA) is 36.3 Å². The first-order chi connectivity index (χ1) is 9.86. The van der Waals surface area contributed by atoms with Crippen LogP contribution in [0.1, 0.15) is 24.5 Å². The molecule has 1 heterocycles. The fourth-order valence-corrected chi connectivity index (χ4v) is 2.64. The van der Waals surface area contributed by atoms with Crippen molar-refractivity contribution in [1.29, 1.82) is 5.26 Å². The summed E-state index contributed by atoms with van der Waals surface area (Å²) in [6.45, 7) is 3.46. The van der Waals surface area contributed by atoms with Crippen LogP contribution in [0.25, 0.3) is 0 Å². The molecule has 21 heavy (non-hydrogen) atoms. The number of piperidine rings is 1. The van der Waals surface area contributed by atoms with Gasteiger partial charge in [0.2, 0.25) is 0 Å². The van der Waals surface area contributed by atoms with E-state index in [1.165, 1.54) is 12.1 Å². The zero-order chi connectivity index (χ0) is 15.6. The van der Waals surface area contributed by atoms with Gasteiger partial charge in [0, 0.05) is 25.9 Å². The largest absolute Gasteiger partial charge is 0.417 e. The molecule has 2 unspecified atom stereocenters. The van der Waals surface area contributed by atoms with Crippen LogP contribution in [-0.2, 0) is 10.9 Å². The number of ether oxygens (including phenoxy) is 1. The van der Waals surface area contributed by atoms with Crippen molar-refractivity contribution in [3.8, 4) is 6.07 Å². The van der Waals surface area contributed by atoms with E-state index in [1.807, 2.05) is 4.90 Å². The fraction of sp³-hybridized carbons (Fsp3) is 0.533. The minimum absolute atomic E-state index is 0.0478. The van der Waals surface area contributed by atoms with Crippen molar-refractivity contribution < 1.29 is 17.9 Å². The van der Waals surface area contributed by atoms with Crippen molar-refractivity contribution >= 4 is 5.69 Å². The summed E-state index contributed by atoms with van der Waals surface area (Å²) in [5.41, 5.74) is -0.594. The van der Waals surface area contributed by atoms with Crippen LogP contribution in [-0.4, -0.2) is 26.3 Å². The third-order valence-electron chi connectivity index (χ3n) is 3.99. The van der Waals surface area contributed by atoms with Crippen LogP contribution >= 0.6 is 0 Å². The maximum Gasteiger partial charge on any atom is 0.417 e. The summed E-state index contributed by atoms with van der Waals surface area (Å²) < 4.78 is 43.8. The van der Waals surface area contributed by atoms with E-state index in [0.29, 0.717) is 18.2 Å². The van der Waals surface area contributed by atoms with Crippen molar-refractivity contribution in [2.24, 2.45) is 5.92 Å². The highest BCUT2D eigenvalue weighted by atomic mass is 19.4. The van der Waals surface area contributed by atoms with Crippen molar-refractivity contribution in [1.82, 2.24) is 0 Å². The molecular weight excluding hydrogens is 281 g/mol. The van der Waals surface area contributed by atoms with Gasteiger partial charge < -0.3 is 9.64 Å². The third-order valence-corrected chi connectivity index (χ3v) is 3.99. The Morgan fingerprint density at radius 1 is 1.38 bits per heavy atom. The number of nitrogens with zero attached hydrogens (tertiary/aromatic N) is 2. The summed E-state index contributed by atoms with van der Waals surface area (Å²) in [7, 11) is 1.64. The van der Waals surface area contributed by atoms with E-state index >= 15 is 0 Å². The Kier molecular flexibility index (Phi) is 4.43. The first-order valence-corrected chi connectivity index (χ1v) is 6.76. The molecule has 2 atom stereocenters. The molecule has 1 fully saturated rings. The Balaban J connectivity index is 2.28. The first-order valence-electron chi connectivity index (χ1n) is 6.76. The lowest BCUT2D eigenvalue weighted by Crippen LogP contribution is -2.44. The van der Waals surface area contributed by atoms with Gasteiger partial charge in [-0.25, -0.2) is 0 Å². The Morgan fingerprint density at radius 3 is 2.67 bits per heavy atom. The van der Waals surface area contributed by atoms with Crippen LogP contribution < -0.4 is 4.90 Å². The quantitative estimate of drug-likeness (QED) is 0.839. The standard InChI is InChI=1S/C15H17F3N2O/c1-10-5-6-20(9-14(10)21-2)12-3-4-13(15(16,17)18)11(7-12)8-19/h3-4,7,10,14H,5-6,9H2,1-2H3. The summed E-state index contributed by atoms with van der Waals surface area (Å²) in [6, 6.07) is 5.35. The molecule has 0 saturated carbocycles. The van der Waals surface area contributed by atoms with E-state index in [-0.39, 0.29) is 11.7 Å². The van der Waals surface area contributed by atoms with Crippen LogP contribution in [0.2, 0.25) is 0 Å². The second-order valence-corrected chi connectivity index (χ2v) is 5.33. The molecule has 1 aromatic carbocycles. The molecule has 0 bridgehead atoms. The van der Waals surface area contributed by atoms with Gasteiger partial charge in [0.15, 0.2) is 0 Å². The molecular formula is C15H17F3N2O. The summed E-state index contributed by atoms with van der Waals surface area (Å²) in [4.78, 5) is 1.97. The zero-order valence-electron chi connectivity index (χ0n) is 11.9. The molecule has 114 valence electrons. The van der Waals surface area contributed by atoms with Crippen molar-refractivity contribution in [2.45, 2.75) is 25.6 Å². The molecule has 1 aliphatic rings. The van der Waals surface area contributed by atoms with E-state index in [2.05, 4.69) is 6.92 Å². The van der Waals surface area contributed by atoms with Crippen LogP contribution in [0.15, 0.2) is 18.2 Å². The second kappa shape index (κ2) is 5.94. The summed E-state index contributed by atoms with van der Waals surface area (Å²) >= 11 is 0. The molecule has 1 saturated heterocycles. The van der Waals surface area contributed by atoms with E-state index in [4.69, 9.17) is 10.00 Å². The third kappa shape index (κ3) is 3.30. The second-order valence-electron chi connectivity index (χ2n) is 5.33. The molecule has 0 aliphatic carbocycles. The Labute approximate surface area is 121 Å². The molecule has 1 aliphatic heterocycles. The van der Waals surface area contributed by atoms with Gasteiger partial charge >= 0.3 is 6.18 Å². The molecule has 0 spiro atoms. The lowest BCUT2D eigenvalue weighted by molar-refractivity contribution is -0.137. The molecule has 0 N–H and O–H groups in total.